The molecule has 1 aromatic heterocycles. The average Bonchev–Trinajstić information content (AvgIpc) is 2.40. The fourth-order valence-electron chi connectivity index (χ4n) is 1.49. The maximum Gasteiger partial charge on any atom is 0.238 e. The first-order valence-corrected chi connectivity index (χ1v) is 5.98. The van der Waals surface area contributed by atoms with Gasteiger partial charge in [0.1, 0.15) is 5.75 Å². The Balaban J connectivity index is 2.14. The molecule has 0 saturated heterocycles. The zero-order valence-electron chi connectivity index (χ0n) is 9.97. The van der Waals surface area contributed by atoms with Crippen molar-refractivity contribution < 1.29 is 9.47 Å². The summed E-state index contributed by atoms with van der Waals surface area (Å²) in [6, 6.07) is 7.63. The first-order chi connectivity index (χ1) is 8.81. The van der Waals surface area contributed by atoms with E-state index in [1.165, 1.54) is 0 Å². The highest BCUT2D eigenvalue weighted by atomic mass is 35.5. The Bertz CT molecular complexity index is 520. The fourth-order valence-corrected chi connectivity index (χ4v) is 1.61. The SMILES string of the molecule is COCc1cccc(Oc2cncc(CCl)n2)c1. The molecule has 1 aromatic carbocycles. The van der Waals surface area contributed by atoms with Gasteiger partial charge in [-0.05, 0) is 17.7 Å². The third kappa shape index (κ3) is 3.42. The number of aromatic nitrogens is 2. The van der Waals surface area contributed by atoms with E-state index in [9.17, 15) is 0 Å². The number of alkyl halides is 1. The number of hydrogen-bond acceptors (Lipinski definition) is 4. The highest BCUT2D eigenvalue weighted by Crippen LogP contribution is 2.20. The van der Waals surface area contributed by atoms with Gasteiger partial charge in [-0.25, -0.2) is 4.98 Å². The molecule has 0 unspecified atom stereocenters. The summed E-state index contributed by atoms with van der Waals surface area (Å²) in [5, 5.41) is 0. The molecule has 4 nitrogen and oxygen atoms in total. The lowest BCUT2D eigenvalue weighted by atomic mass is 10.2. The van der Waals surface area contributed by atoms with Gasteiger partial charge in [-0.3, -0.25) is 4.98 Å². The quantitative estimate of drug-likeness (QED) is 0.778. The smallest absolute Gasteiger partial charge is 0.238 e. The maximum atomic E-state index is 5.69. The molecule has 0 N–H and O–H groups in total. The van der Waals surface area contributed by atoms with E-state index in [0.717, 1.165) is 5.56 Å². The van der Waals surface area contributed by atoms with E-state index in [2.05, 4.69) is 9.97 Å². The minimum Gasteiger partial charge on any atom is -0.437 e. The van der Waals surface area contributed by atoms with Crippen molar-refractivity contribution in [3.8, 4) is 11.6 Å². The predicted molar refractivity (Wildman–Crippen MR) is 68.8 cm³/mol. The Morgan fingerprint density at radius 3 is 2.94 bits per heavy atom. The Morgan fingerprint density at radius 1 is 1.28 bits per heavy atom. The number of rotatable bonds is 5. The number of methoxy groups -OCH3 is 1. The van der Waals surface area contributed by atoms with Crippen LogP contribution in [0.3, 0.4) is 0 Å². The molecule has 0 amide bonds. The van der Waals surface area contributed by atoms with Crippen LogP contribution in [0.25, 0.3) is 0 Å². The highest BCUT2D eigenvalue weighted by Gasteiger charge is 2.02. The summed E-state index contributed by atoms with van der Waals surface area (Å²) in [4.78, 5) is 8.23. The molecular weight excluding hydrogens is 252 g/mol. The van der Waals surface area contributed by atoms with Crippen LogP contribution in [0.1, 0.15) is 11.3 Å². The standard InChI is InChI=1S/C13H13ClN2O2/c1-17-9-10-3-2-4-12(5-10)18-13-8-15-7-11(6-14)16-13/h2-5,7-8H,6,9H2,1H3. The van der Waals surface area contributed by atoms with Crippen LogP contribution < -0.4 is 4.74 Å². The molecule has 1 heterocycles. The molecule has 0 bridgehead atoms. The minimum absolute atomic E-state index is 0.313. The molecule has 0 aliphatic carbocycles. The number of benzene rings is 1. The van der Waals surface area contributed by atoms with Crippen molar-refractivity contribution in [1.82, 2.24) is 9.97 Å². The van der Waals surface area contributed by atoms with Gasteiger partial charge in [0.25, 0.3) is 0 Å². The molecule has 0 saturated carbocycles. The third-order valence-corrected chi connectivity index (χ3v) is 2.50. The molecule has 94 valence electrons. The zero-order valence-corrected chi connectivity index (χ0v) is 10.7. The van der Waals surface area contributed by atoms with Crippen molar-refractivity contribution in [2.75, 3.05) is 7.11 Å². The van der Waals surface area contributed by atoms with E-state index >= 15 is 0 Å². The van der Waals surface area contributed by atoms with Gasteiger partial charge in [0.05, 0.1) is 24.4 Å². The molecule has 0 aliphatic heterocycles. The van der Waals surface area contributed by atoms with Crippen molar-refractivity contribution in [2.24, 2.45) is 0 Å². The molecular formula is C13H13ClN2O2. The second-order valence-electron chi connectivity index (χ2n) is 3.66. The van der Waals surface area contributed by atoms with Crippen LogP contribution in [0, 0.1) is 0 Å². The van der Waals surface area contributed by atoms with Gasteiger partial charge >= 0.3 is 0 Å². The summed E-state index contributed by atoms with van der Waals surface area (Å²) < 4.78 is 10.7. The van der Waals surface area contributed by atoms with Crippen LogP contribution in [-0.2, 0) is 17.2 Å². The van der Waals surface area contributed by atoms with Gasteiger partial charge in [0, 0.05) is 13.3 Å². The van der Waals surface area contributed by atoms with E-state index in [0.29, 0.717) is 29.8 Å². The van der Waals surface area contributed by atoms with Crippen molar-refractivity contribution in [2.45, 2.75) is 12.5 Å². The van der Waals surface area contributed by atoms with Crippen molar-refractivity contribution in [1.29, 1.82) is 0 Å². The monoisotopic (exact) mass is 264 g/mol. The molecule has 5 heteroatoms. The lowest BCUT2D eigenvalue weighted by molar-refractivity contribution is 0.184. The van der Waals surface area contributed by atoms with E-state index in [4.69, 9.17) is 21.1 Å². The lowest BCUT2D eigenvalue weighted by Gasteiger charge is -2.06. The molecule has 0 fully saturated rings. The number of halogens is 1. The van der Waals surface area contributed by atoms with Crippen LogP contribution in [-0.4, -0.2) is 17.1 Å². The number of hydrogen-bond donors (Lipinski definition) is 0. The number of nitrogens with zero attached hydrogens (tertiary/aromatic N) is 2. The Hall–Kier alpha value is -1.65. The molecule has 0 radical (unpaired) electrons. The van der Waals surface area contributed by atoms with Gasteiger partial charge in [0.15, 0.2) is 0 Å². The van der Waals surface area contributed by atoms with Crippen LogP contribution in [0.4, 0.5) is 0 Å². The Labute approximate surface area is 111 Å². The number of ether oxygens (including phenoxy) is 2. The summed E-state index contributed by atoms with van der Waals surface area (Å²) in [6.07, 6.45) is 3.17. The summed E-state index contributed by atoms with van der Waals surface area (Å²) >= 11 is 5.69. The third-order valence-electron chi connectivity index (χ3n) is 2.23. The molecule has 0 spiro atoms. The van der Waals surface area contributed by atoms with Crippen LogP contribution in [0.5, 0.6) is 11.6 Å². The largest absolute Gasteiger partial charge is 0.437 e. The van der Waals surface area contributed by atoms with Gasteiger partial charge in [-0.15, -0.1) is 11.6 Å². The zero-order chi connectivity index (χ0) is 12.8. The van der Waals surface area contributed by atoms with Crippen molar-refractivity contribution in [3.63, 3.8) is 0 Å². The highest BCUT2D eigenvalue weighted by molar-refractivity contribution is 6.16. The van der Waals surface area contributed by atoms with Crippen LogP contribution >= 0.6 is 11.6 Å². The van der Waals surface area contributed by atoms with E-state index in [1.54, 1.807) is 19.5 Å². The fraction of sp³-hybridized carbons (Fsp3) is 0.231. The van der Waals surface area contributed by atoms with Gasteiger partial charge in [-0.1, -0.05) is 12.1 Å². The van der Waals surface area contributed by atoms with Crippen LogP contribution in [0.15, 0.2) is 36.7 Å². The maximum absolute atomic E-state index is 5.69. The van der Waals surface area contributed by atoms with Crippen molar-refractivity contribution >= 4 is 11.6 Å². The van der Waals surface area contributed by atoms with Crippen LogP contribution in [0.2, 0.25) is 0 Å². The average molecular weight is 265 g/mol. The molecule has 18 heavy (non-hydrogen) atoms. The topological polar surface area (TPSA) is 44.2 Å². The summed E-state index contributed by atoms with van der Waals surface area (Å²) in [5.74, 6) is 1.45. The molecule has 2 aromatic rings. The molecule has 0 atom stereocenters. The van der Waals surface area contributed by atoms with E-state index < -0.39 is 0 Å². The molecule has 2 rings (SSSR count). The normalized spacial score (nSPS) is 10.3. The van der Waals surface area contributed by atoms with E-state index in [1.807, 2.05) is 24.3 Å². The first kappa shape index (κ1) is 12.8. The van der Waals surface area contributed by atoms with Gasteiger partial charge < -0.3 is 9.47 Å². The summed E-state index contributed by atoms with van der Waals surface area (Å²) in [7, 11) is 1.66. The van der Waals surface area contributed by atoms with Crippen molar-refractivity contribution in [3.05, 3.63) is 47.9 Å². The first-order valence-electron chi connectivity index (χ1n) is 5.44. The second kappa shape index (κ2) is 6.33. The Kier molecular flexibility index (Phi) is 4.50. The molecule has 0 aliphatic rings. The predicted octanol–water partition coefficient (Wildman–Crippen LogP) is 3.15. The summed E-state index contributed by atoms with van der Waals surface area (Å²) in [6.45, 7) is 0.546. The van der Waals surface area contributed by atoms with Gasteiger partial charge in [-0.2, -0.15) is 0 Å². The lowest BCUT2D eigenvalue weighted by Crippen LogP contribution is -1.94. The van der Waals surface area contributed by atoms with Gasteiger partial charge in [0.2, 0.25) is 5.88 Å². The summed E-state index contributed by atoms with van der Waals surface area (Å²) in [5.41, 5.74) is 1.72. The Morgan fingerprint density at radius 2 is 2.17 bits per heavy atom. The minimum atomic E-state index is 0.313. The van der Waals surface area contributed by atoms with E-state index in [-0.39, 0.29) is 0 Å². The second-order valence-corrected chi connectivity index (χ2v) is 3.93.